The molecule has 0 unspecified atom stereocenters. The molecule has 1 heterocycles. The average Bonchev–Trinajstić information content (AvgIpc) is 2.42. The summed E-state index contributed by atoms with van der Waals surface area (Å²) in [5, 5.41) is 5.44. The van der Waals surface area contributed by atoms with E-state index >= 15 is 0 Å². The molecule has 1 fully saturated rings. The van der Waals surface area contributed by atoms with Gasteiger partial charge in [0.2, 0.25) is 5.91 Å². The van der Waals surface area contributed by atoms with Crippen molar-refractivity contribution in [2.45, 2.75) is 31.9 Å². The average molecular weight is 262 g/mol. The summed E-state index contributed by atoms with van der Waals surface area (Å²) in [6, 6.07) is 8.70. The van der Waals surface area contributed by atoms with Gasteiger partial charge in [-0.05, 0) is 31.9 Å². The lowest BCUT2D eigenvalue weighted by molar-refractivity contribution is -0.133. The van der Waals surface area contributed by atoms with Gasteiger partial charge in [-0.3, -0.25) is 9.59 Å². The summed E-state index contributed by atoms with van der Waals surface area (Å²) < 4.78 is 5.51. The Bertz CT molecular complexity index is 447. The zero-order valence-corrected chi connectivity index (χ0v) is 10.9. The largest absolute Gasteiger partial charge is 0.481 e. The van der Waals surface area contributed by atoms with Crippen molar-refractivity contribution in [3.8, 4) is 5.75 Å². The van der Waals surface area contributed by atoms with Crippen molar-refractivity contribution in [2.75, 3.05) is 6.54 Å². The first kappa shape index (κ1) is 13.4. The fourth-order valence-electron chi connectivity index (χ4n) is 1.96. The Kier molecular flexibility index (Phi) is 4.39. The van der Waals surface area contributed by atoms with Gasteiger partial charge < -0.3 is 15.4 Å². The second kappa shape index (κ2) is 6.22. The van der Waals surface area contributed by atoms with Crippen LogP contribution in [-0.2, 0) is 9.59 Å². The highest BCUT2D eigenvalue weighted by Crippen LogP contribution is 2.11. The standard InChI is InChI=1S/C14H18N2O3/c1-10(19-11-6-3-2-4-7-11)13(17)16-12-8-5-9-15-14(12)18/h2-4,6-7,10,12H,5,8-9H2,1H3,(H,15,18)(H,16,17)/t10-,12-/m1/s1. The monoisotopic (exact) mass is 262 g/mol. The van der Waals surface area contributed by atoms with Gasteiger partial charge in [0.15, 0.2) is 6.10 Å². The van der Waals surface area contributed by atoms with E-state index in [0.717, 1.165) is 6.42 Å². The van der Waals surface area contributed by atoms with Crippen LogP contribution in [0.25, 0.3) is 0 Å². The van der Waals surface area contributed by atoms with E-state index in [2.05, 4.69) is 10.6 Å². The quantitative estimate of drug-likeness (QED) is 0.845. The first-order chi connectivity index (χ1) is 9.16. The van der Waals surface area contributed by atoms with Crippen LogP contribution in [0.3, 0.4) is 0 Å². The highest BCUT2D eigenvalue weighted by molar-refractivity contribution is 5.89. The molecule has 5 nitrogen and oxygen atoms in total. The van der Waals surface area contributed by atoms with E-state index in [4.69, 9.17) is 4.74 Å². The number of hydrogen-bond donors (Lipinski definition) is 2. The van der Waals surface area contributed by atoms with Crippen LogP contribution in [0.5, 0.6) is 5.75 Å². The van der Waals surface area contributed by atoms with E-state index < -0.39 is 12.1 Å². The zero-order valence-electron chi connectivity index (χ0n) is 10.9. The summed E-state index contributed by atoms with van der Waals surface area (Å²) >= 11 is 0. The van der Waals surface area contributed by atoms with Crippen molar-refractivity contribution in [1.29, 1.82) is 0 Å². The molecule has 0 aliphatic carbocycles. The maximum atomic E-state index is 11.9. The van der Waals surface area contributed by atoms with Crippen LogP contribution >= 0.6 is 0 Å². The minimum absolute atomic E-state index is 0.119. The summed E-state index contributed by atoms with van der Waals surface area (Å²) in [5.41, 5.74) is 0. The minimum atomic E-state index is -0.628. The molecule has 2 N–H and O–H groups in total. The van der Waals surface area contributed by atoms with Crippen LogP contribution < -0.4 is 15.4 Å². The topological polar surface area (TPSA) is 67.4 Å². The predicted molar refractivity (Wildman–Crippen MR) is 70.7 cm³/mol. The van der Waals surface area contributed by atoms with Gasteiger partial charge in [-0.1, -0.05) is 18.2 Å². The molecule has 0 aromatic heterocycles. The van der Waals surface area contributed by atoms with Crippen molar-refractivity contribution in [3.05, 3.63) is 30.3 Å². The van der Waals surface area contributed by atoms with E-state index in [0.29, 0.717) is 18.7 Å². The first-order valence-corrected chi connectivity index (χ1v) is 6.46. The van der Waals surface area contributed by atoms with Crippen molar-refractivity contribution >= 4 is 11.8 Å². The molecule has 2 amide bonds. The number of benzene rings is 1. The molecule has 0 radical (unpaired) electrons. The Morgan fingerprint density at radius 3 is 2.84 bits per heavy atom. The lowest BCUT2D eigenvalue weighted by Crippen LogP contribution is -2.52. The summed E-state index contributed by atoms with van der Waals surface area (Å²) in [7, 11) is 0. The summed E-state index contributed by atoms with van der Waals surface area (Å²) in [4.78, 5) is 23.5. The highest BCUT2D eigenvalue weighted by Gasteiger charge is 2.26. The highest BCUT2D eigenvalue weighted by atomic mass is 16.5. The van der Waals surface area contributed by atoms with Gasteiger partial charge in [0.25, 0.3) is 5.91 Å². The molecule has 0 spiro atoms. The van der Waals surface area contributed by atoms with E-state index in [9.17, 15) is 9.59 Å². The third-order valence-electron chi connectivity index (χ3n) is 3.03. The van der Waals surface area contributed by atoms with Crippen LogP contribution in [0.4, 0.5) is 0 Å². The van der Waals surface area contributed by atoms with Crippen LogP contribution in [0.15, 0.2) is 30.3 Å². The fraction of sp³-hybridized carbons (Fsp3) is 0.429. The molecule has 1 saturated heterocycles. The zero-order chi connectivity index (χ0) is 13.7. The SMILES string of the molecule is C[C@@H](Oc1ccccc1)C(=O)N[C@@H]1CCCNC1=O. The maximum Gasteiger partial charge on any atom is 0.261 e. The third-order valence-corrected chi connectivity index (χ3v) is 3.03. The molecular weight excluding hydrogens is 244 g/mol. The number of para-hydroxylation sites is 1. The third kappa shape index (κ3) is 3.71. The minimum Gasteiger partial charge on any atom is -0.481 e. The van der Waals surface area contributed by atoms with Crippen molar-refractivity contribution < 1.29 is 14.3 Å². The number of piperidine rings is 1. The Morgan fingerprint density at radius 2 is 2.16 bits per heavy atom. The van der Waals surface area contributed by atoms with Crippen LogP contribution in [-0.4, -0.2) is 30.5 Å². The van der Waals surface area contributed by atoms with Crippen LogP contribution in [0, 0.1) is 0 Å². The first-order valence-electron chi connectivity index (χ1n) is 6.46. The molecular formula is C14H18N2O3. The van der Waals surface area contributed by atoms with Gasteiger partial charge in [-0.15, -0.1) is 0 Å². The van der Waals surface area contributed by atoms with E-state index in [1.807, 2.05) is 18.2 Å². The van der Waals surface area contributed by atoms with Gasteiger partial charge in [0.05, 0.1) is 0 Å². The van der Waals surface area contributed by atoms with Crippen LogP contribution in [0.2, 0.25) is 0 Å². The molecule has 5 heteroatoms. The fourth-order valence-corrected chi connectivity index (χ4v) is 1.96. The van der Waals surface area contributed by atoms with Crippen molar-refractivity contribution in [3.63, 3.8) is 0 Å². The number of rotatable bonds is 4. The second-order valence-electron chi connectivity index (χ2n) is 4.57. The summed E-state index contributed by atoms with van der Waals surface area (Å²) in [5.74, 6) is 0.246. The van der Waals surface area contributed by atoms with Gasteiger partial charge in [0, 0.05) is 6.54 Å². The summed E-state index contributed by atoms with van der Waals surface area (Å²) in [6.45, 7) is 2.35. The Hall–Kier alpha value is -2.04. The van der Waals surface area contributed by atoms with Gasteiger partial charge in [-0.25, -0.2) is 0 Å². The molecule has 1 aliphatic heterocycles. The maximum absolute atomic E-state index is 11.9. The normalized spacial score (nSPS) is 20.3. The molecule has 1 aromatic rings. The van der Waals surface area contributed by atoms with Gasteiger partial charge in [0.1, 0.15) is 11.8 Å². The lowest BCUT2D eigenvalue weighted by Gasteiger charge is -2.24. The van der Waals surface area contributed by atoms with Gasteiger partial charge >= 0.3 is 0 Å². The molecule has 0 saturated carbocycles. The summed E-state index contributed by atoms with van der Waals surface area (Å²) in [6.07, 6.45) is 0.928. The number of hydrogen-bond acceptors (Lipinski definition) is 3. The van der Waals surface area contributed by atoms with Crippen molar-refractivity contribution in [2.24, 2.45) is 0 Å². The number of amides is 2. The van der Waals surface area contributed by atoms with E-state index in [-0.39, 0.29) is 11.8 Å². The second-order valence-corrected chi connectivity index (χ2v) is 4.57. The molecule has 19 heavy (non-hydrogen) atoms. The Labute approximate surface area is 112 Å². The molecule has 1 aliphatic rings. The van der Waals surface area contributed by atoms with Crippen molar-refractivity contribution in [1.82, 2.24) is 10.6 Å². The van der Waals surface area contributed by atoms with E-state index in [1.54, 1.807) is 19.1 Å². The van der Waals surface area contributed by atoms with E-state index in [1.165, 1.54) is 0 Å². The molecule has 2 rings (SSSR count). The number of carbonyl (C=O) groups excluding carboxylic acids is 2. The molecule has 1 aromatic carbocycles. The Morgan fingerprint density at radius 1 is 1.42 bits per heavy atom. The molecule has 0 bridgehead atoms. The molecule has 2 atom stereocenters. The number of ether oxygens (including phenoxy) is 1. The lowest BCUT2D eigenvalue weighted by atomic mass is 10.1. The smallest absolute Gasteiger partial charge is 0.261 e. The number of nitrogens with one attached hydrogen (secondary N) is 2. The van der Waals surface area contributed by atoms with Crippen LogP contribution in [0.1, 0.15) is 19.8 Å². The van der Waals surface area contributed by atoms with Gasteiger partial charge in [-0.2, -0.15) is 0 Å². The predicted octanol–water partition coefficient (Wildman–Crippen LogP) is 0.849. The number of carbonyl (C=O) groups is 2. The molecule has 102 valence electrons. The Balaban J connectivity index is 1.87.